The number of ketones is 1. The summed E-state index contributed by atoms with van der Waals surface area (Å²) in [6.07, 6.45) is 9.90. The Balaban J connectivity index is 1.39. The van der Waals surface area contributed by atoms with E-state index in [0.29, 0.717) is 24.2 Å². The molecule has 4 N–H and O–H groups in total. The number of nitrogens with zero attached hydrogens (tertiary/aromatic N) is 6. The number of aromatic nitrogens is 5. The summed E-state index contributed by atoms with van der Waals surface area (Å²) in [5.74, 6) is 2.39. The van der Waals surface area contributed by atoms with Gasteiger partial charge >= 0.3 is 0 Å². The maximum Gasteiger partial charge on any atom is 0.246 e. The van der Waals surface area contributed by atoms with E-state index in [1.165, 1.54) is 0 Å². The Labute approximate surface area is 193 Å². The molecule has 2 aliphatic rings. The Morgan fingerprint density at radius 2 is 2.21 bits per heavy atom. The van der Waals surface area contributed by atoms with Gasteiger partial charge in [-0.25, -0.2) is 9.50 Å². The number of hydrogen-bond acceptors (Lipinski definition) is 8. The van der Waals surface area contributed by atoms with E-state index >= 15 is 0 Å². The number of nitrogens with two attached hydrogens (primary N) is 1. The van der Waals surface area contributed by atoms with E-state index in [1.807, 2.05) is 39.9 Å². The first-order valence-corrected chi connectivity index (χ1v) is 11.9. The first-order valence-electron chi connectivity index (χ1n) is 11.9. The van der Waals surface area contributed by atoms with Gasteiger partial charge in [-0.2, -0.15) is 4.98 Å². The molecular weight excluding hydrogens is 418 g/mol. The third-order valence-corrected chi connectivity index (χ3v) is 6.81. The number of rotatable bonds is 7. The van der Waals surface area contributed by atoms with Gasteiger partial charge in [-0.1, -0.05) is 0 Å². The topological polar surface area (TPSA) is 118 Å². The van der Waals surface area contributed by atoms with E-state index in [4.69, 9.17) is 15.8 Å². The van der Waals surface area contributed by atoms with Crippen LogP contribution in [0.15, 0.2) is 30.9 Å². The molecule has 33 heavy (non-hydrogen) atoms. The first-order chi connectivity index (χ1) is 16.0. The number of carbonyl (C=O) groups is 1. The number of carbonyl (C=O) groups excluding carboxylic acids is 1. The largest absolute Gasteiger partial charge is 0.333 e. The molecule has 0 spiro atoms. The maximum absolute atomic E-state index is 13.3. The molecule has 0 unspecified atom stereocenters. The summed E-state index contributed by atoms with van der Waals surface area (Å²) < 4.78 is 3.85. The lowest BCUT2D eigenvalue weighted by Gasteiger charge is -2.31. The van der Waals surface area contributed by atoms with Crippen LogP contribution in [0, 0.1) is 5.92 Å². The highest BCUT2D eigenvalue weighted by molar-refractivity contribution is 5.87. The van der Waals surface area contributed by atoms with Crippen LogP contribution in [-0.4, -0.2) is 55.2 Å². The van der Waals surface area contributed by atoms with Gasteiger partial charge in [0.1, 0.15) is 11.3 Å². The molecule has 0 saturated carbocycles. The van der Waals surface area contributed by atoms with Gasteiger partial charge in [-0.05, 0) is 64.1 Å². The summed E-state index contributed by atoms with van der Waals surface area (Å²) in [4.78, 5) is 24.6. The summed E-state index contributed by atoms with van der Waals surface area (Å²) in [6.45, 7) is 5.91. The third-order valence-electron chi connectivity index (χ3n) is 6.81. The standard InChI is InChI=1S/C23H33N9O/c1-15(2)30-13-20(26-14-30)27-22-18-8-5-11-32(18)29-23(28-22)31-10-4-7-17(31)19(33)12-16-6-3-9-25-21(16)24/h5,8,11,13-17,21,25H,3-4,6-7,9-10,12,24H2,1-2H3,(H,27,28,29)/t16-,17-,21+/m0/s1. The van der Waals surface area contributed by atoms with Crippen molar-refractivity contribution in [2.24, 2.45) is 11.7 Å². The second-order valence-corrected chi connectivity index (χ2v) is 9.43. The quantitative estimate of drug-likeness (QED) is 0.501. The van der Waals surface area contributed by atoms with Crippen LogP contribution in [0.2, 0.25) is 0 Å². The average Bonchev–Trinajstić information content (AvgIpc) is 3.55. The highest BCUT2D eigenvalue weighted by Gasteiger charge is 2.35. The summed E-state index contributed by atoms with van der Waals surface area (Å²) in [7, 11) is 0. The van der Waals surface area contributed by atoms with Crippen LogP contribution in [0.25, 0.3) is 5.52 Å². The number of anilines is 3. The van der Waals surface area contributed by atoms with E-state index < -0.39 is 0 Å². The summed E-state index contributed by atoms with van der Waals surface area (Å²) >= 11 is 0. The van der Waals surface area contributed by atoms with Crippen LogP contribution < -0.4 is 21.3 Å². The van der Waals surface area contributed by atoms with Gasteiger partial charge in [0.25, 0.3) is 0 Å². The zero-order chi connectivity index (χ0) is 22.9. The Bertz CT molecular complexity index is 1120. The van der Waals surface area contributed by atoms with Gasteiger partial charge in [-0.15, -0.1) is 5.10 Å². The van der Waals surface area contributed by atoms with Gasteiger partial charge < -0.3 is 25.8 Å². The van der Waals surface area contributed by atoms with Crippen molar-refractivity contribution in [2.45, 2.75) is 64.2 Å². The molecule has 2 fully saturated rings. The zero-order valence-corrected chi connectivity index (χ0v) is 19.3. The van der Waals surface area contributed by atoms with Gasteiger partial charge in [0.2, 0.25) is 5.95 Å². The molecule has 0 aromatic carbocycles. The van der Waals surface area contributed by atoms with E-state index in [9.17, 15) is 4.79 Å². The number of hydrogen-bond donors (Lipinski definition) is 3. The number of fused-ring (bicyclic) bond motifs is 1. The molecule has 0 aliphatic carbocycles. The lowest BCUT2D eigenvalue weighted by molar-refractivity contribution is -0.121. The van der Waals surface area contributed by atoms with E-state index in [1.54, 1.807) is 0 Å². The zero-order valence-electron chi connectivity index (χ0n) is 19.3. The van der Waals surface area contributed by atoms with Crippen LogP contribution >= 0.6 is 0 Å². The molecule has 5 rings (SSSR count). The minimum absolute atomic E-state index is 0.105. The molecule has 2 saturated heterocycles. The van der Waals surface area contributed by atoms with E-state index in [0.717, 1.165) is 50.1 Å². The fourth-order valence-corrected chi connectivity index (χ4v) is 4.89. The molecule has 176 valence electrons. The Hall–Kier alpha value is -2.98. The fraction of sp³-hybridized carbons (Fsp3) is 0.565. The monoisotopic (exact) mass is 451 g/mol. The maximum atomic E-state index is 13.3. The minimum atomic E-state index is -0.208. The lowest BCUT2D eigenvalue weighted by Crippen LogP contribution is -2.49. The molecule has 10 nitrogen and oxygen atoms in total. The van der Waals surface area contributed by atoms with Gasteiger partial charge in [0, 0.05) is 31.4 Å². The molecule has 2 aliphatic heterocycles. The second kappa shape index (κ2) is 9.11. The van der Waals surface area contributed by atoms with E-state index in [-0.39, 0.29) is 23.9 Å². The number of nitrogens with one attached hydrogen (secondary N) is 2. The molecule has 0 amide bonds. The van der Waals surface area contributed by atoms with Crippen LogP contribution in [0.5, 0.6) is 0 Å². The molecule has 0 radical (unpaired) electrons. The Morgan fingerprint density at radius 3 is 3.00 bits per heavy atom. The van der Waals surface area contributed by atoms with Gasteiger partial charge in [-0.3, -0.25) is 4.79 Å². The SMILES string of the molecule is CC(C)n1cnc(Nc2nc(N3CCC[C@H]3C(=O)C[C@@H]3CCCN[C@H]3N)nn3cccc23)c1. The molecule has 0 bridgehead atoms. The van der Waals surface area contributed by atoms with Crippen LogP contribution in [0.3, 0.4) is 0 Å². The number of piperidine rings is 1. The highest BCUT2D eigenvalue weighted by Crippen LogP contribution is 2.29. The molecule has 3 aromatic rings. The predicted molar refractivity (Wildman–Crippen MR) is 128 cm³/mol. The van der Waals surface area contributed by atoms with Crippen molar-refractivity contribution in [3.05, 3.63) is 30.9 Å². The normalized spacial score (nSPS) is 23.5. The smallest absolute Gasteiger partial charge is 0.246 e. The van der Waals surface area contributed by atoms with Crippen molar-refractivity contribution >= 4 is 28.9 Å². The van der Waals surface area contributed by atoms with Gasteiger partial charge in [0.05, 0.1) is 18.5 Å². The summed E-state index contributed by atoms with van der Waals surface area (Å²) in [5, 5.41) is 11.4. The minimum Gasteiger partial charge on any atom is -0.333 e. The Morgan fingerprint density at radius 1 is 1.33 bits per heavy atom. The first kappa shape index (κ1) is 21.8. The van der Waals surface area contributed by atoms with Crippen molar-refractivity contribution in [1.29, 1.82) is 0 Å². The highest BCUT2D eigenvalue weighted by atomic mass is 16.1. The molecule has 3 aromatic heterocycles. The Kier molecular flexibility index (Phi) is 6.03. The van der Waals surface area contributed by atoms with Crippen molar-refractivity contribution in [2.75, 3.05) is 23.3 Å². The van der Waals surface area contributed by atoms with Crippen LogP contribution in [0.1, 0.15) is 52.0 Å². The predicted octanol–water partition coefficient (Wildman–Crippen LogP) is 2.46. The van der Waals surface area contributed by atoms with Crippen molar-refractivity contribution in [3.63, 3.8) is 0 Å². The molecular formula is C23H33N9O. The summed E-state index contributed by atoms with van der Waals surface area (Å²) in [6, 6.07) is 4.03. The van der Waals surface area contributed by atoms with Crippen molar-refractivity contribution < 1.29 is 4.79 Å². The van der Waals surface area contributed by atoms with Crippen molar-refractivity contribution in [1.82, 2.24) is 29.5 Å². The molecule has 10 heteroatoms. The lowest BCUT2D eigenvalue weighted by atomic mass is 9.89. The van der Waals surface area contributed by atoms with Crippen LogP contribution in [-0.2, 0) is 4.79 Å². The van der Waals surface area contributed by atoms with Crippen LogP contribution in [0.4, 0.5) is 17.6 Å². The fourth-order valence-electron chi connectivity index (χ4n) is 4.89. The van der Waals surface area contributed by atoms with Gasteiger partial charge in [0.15, 0.2) is 11.6 Å². The molecule has 3 atom stereocenters. The molecule has 5 heterocycles. The average molecular weight is 452 g/mol. The number of imidazole rings is 1. The van der Waals surface area contributed by atoms with E-state index in [2.05, 4.69) is 34.4 Å². The number of Topliss-reactive ketones (excluding diaryl/α,β-unsaturated/α-hetero) is 1. The van der Waals surface area contributed by atoms with Crippen molar-refractivity contribution in [3.8, 4) is 0 Å². The summed E-state index contributed by atoms with van der Waals surface area (Å²) in [5.41, 5.74) is 7.08. The third kappa shape index (κ3) is 4.45. The second-order valence-electron chi connectivity index (χ2n) is 9.43.